The van der Waals surface area contributed by atoms with Crippen LogP contribution in [0, 0.1) is 11.8 Å². The summed E-state index contributed by atoms with van der Waals surface area (Å²) in [7, 11) is 0. The maximum absolute atomic E-state index is 9.38. The number of rotatable bonds is 3. The molecule has 0 heterocycles. The molecule has 0 aromatic rings. The monoisotopic (exact) mass is 186 g/mol. The summed E-state index contributed by atoms with van der Waals surface area (Å²) in [6.45, 7) is 7.38. The van der Waals surface area contributed by atoms with Gasteiger partial charge in [0.1, 0.15) is 0 Å². The second kappa shape index (κ2) is 4.43. The molecule has 2 nitrogen and oxygen atoms in total. The van der Waals surface area contributed by atoms with Crippen molar-refractivity contribution in [2.45, 2.75) is 45.6 Å². The molecule has 13 heavy (non-hydrogen) atoms. The highest BCUT2D eigenvalue weighted by molar-refractivity contribution is 4.89. The molecule has 1 aliphatic rings. The molecule has 0 radical (unpaired) electrons. The van der Waals surface area contributed by atoms with E-state index in [0.29, 0.717) is 18.4 Å². The average Bonchev–Trinajstić information content (AvgIpc) is 2.03. The highest BCUT2D eigenvalue weighted by Gasteiger charge is 2.37. The second-order valence-electron chi connectivity index (χ2n) is 4.63. The molecule has 1 N–H and O–H groups in total. The van der Waals surface area contributed by atoms with Gasteiger partial charge in [0.05, 0.1) is 12.2 Å². The van der Waals surface area contributed by atoms with E-state index >= 15 is 0 Å². The molecule has 2 heteroatoms. The van der Waals surface area contributed by atoms with Crippen LogP contribution in [0.25, 0.3) is 0 Å². The molecule has 0 bridgehead atoms. The molecule has 1 saturated carbocycles. The predicted octanol–water partition coefficient (Wildman–Crippen LogP) is 2.21. The molecule has 2 atom stereocenters. The number of aliphatic hydroxyl groups is 1. The van der Waals surface area contributed by atoms with E-state index in [0.717, 1.165) is 12.8 Å². The van der Waals surface area contributed by atoms with Crippen LogP contribution in [-0.2, 0) is 4.74 Å². The SMILES string of the molecule is CCOC1(CO)CC(C)CC(C)C1. The van der Waals surface area contributed by atoms with E-state index in [1.165, 1.54) is 6.42 Å². The van der Waals surface area contributed by atoms with Crippen molar-refractivity contribution >= 4 is 0 Å². The Morgan fingerprint density at radius 3 is 2.23 bits per heavy atom. The third-order valence-corrected chi connectivity index (χ3v) is 2.98. The zero-order chi connectivity index (χ0) is 9.90. The first kappa shape index (κ1) is 11.0. The molecule has 1 aliphatic carbocycles. The minimum atomic E-state index is -0.230. The van der Waals surface area contributed by atoms with E-state index in [1.54, 1.807) is 0 Å². The Bertz CT molecular complexity index is 146. The standard InChI is InChI=1S/C11H22O2/c1-4-13-11(8-12)6-9(2)5-10(3)7-11/h9-10,12H,4-8H2,1-3H3. The molecule has 2 unspecified atom stereocenters. The van der Waals surface area contributed by atoms with Crippen molar-refractivity contribution in [3.8, 4) is 0 Å². The van der Waals surface area contributed by atoms with Crippen molar-refractivity contribution < 1.29 is 9.84 Å². The van der Waals surface area contributed by atoms with Gasteiger partial charge in [-0.2, -0.15) is 0 Å². The lowest BCUT2D eigenvalue weighted by molar-refractivity contribution is -0.117. The van der Waals surface area contributed by atoms with E-state index in [4.69, 9.17) is 4.74 Å². The Hall–Kier alpha value is -0.0800. The van der Waals surface area contributed by atoms with Gasteiger partial charge in [0.15, 0.2) is 0 Å². The quantitative estimate of drug-likeness (QED) is 0.732. The van der Waals surface area contributed by atoms with Gasteiger partial charge < -0.3 is 9.84 Å². The topological polar surface area (TPSA) is 29.5 Å². The van der Waals surface area contributed by atoms with Crippen LogP contribution in [0.3, 0.4) is 0 Å². The van der Waals surface area contributed by atoms with Crippen molar-refractivity contribution in [3.63, 3.8) is 0 Å². The molecule has 0 aromatic carbocycles. The Labute approximate surface area is 81.3 Å². The van der Waals surface area contributed by atoms with E-state index in [2.05, 4.69) is 13.8 Å². The number of hydrogen-bond acceptors (Lipinski definition) is 2. The van der Waals surface area contributed by atoms with Gasteiger partial charge in [0.25, 0.3) is 0 Å². The Balaban J connectivity index is 2.62. The molecular weight excluding hydrogens is 164 g/mol. The highest BCUT2D eigenvalue weighted by Crippen LogP contribution is 2.38. The molecule has 0 amide bonds. The summed E-state index contributed by atoms with van der Waals surface area (Å²) in [5, 5.41) is 9.38. The van der Waals surface area contributed by atoms with E-state index in [9.17, 15) is 5.11 Å². The van der Waals surface area contributed by atoms with Crippen LogP contribution in [0.2, 0.25) is 0 Å². The first-order chi connectivity index (χ1) is 6.12. The van der Waals surface area contributed by atoms with Crippen LogP contribution in [0.1, 0.15) is 40.0 Å². The van der Waals surface area contributed by atoms with Gasteiger partial charge in [-0.1, -0.05) is 13.8 Å². The number of ether oxygens (including phenoxy) is 1. The molecule has 0 aromatic heterocycles. The van der Waals surface area contributed by atoms with Gasteiger partial charge in [-0.3, -0.25) is 0 Å². The van der Waals surface area contributed by atoms with Gasteiger partial charge in [-0.15, -0.1) is 0 Å². The van der Waals surface area contributed by atoms with Crippen molar-refractivity contribution in [3.05, 3.63) is 0 Å². The van der Waals surface area contributed by atoms with Gasteiger partial charge in [0, 0.05) is 6.61 Å². The summed E-state index contributed by atoms with van der Waals surface area (Å²) in [4.78, 5) is 0. The summed E-state index contributed by atoms with van der Waals surface area (Å²) in [6, 6.07) is 0. The lowest BCUT2D eigenvalue weighted by Crippen LogP contribution is -2.43. The minimum Gasteiger partial charge on any atom is -0.393 e. The van der Waals surface area contributed by atoms with Crippen molar-refractivity contribution in [2.24, 2.45) is 11.8 Å². The van der Waals surface area contributed by atoms with Gasteiger partial charge in [-0.25, -0.2) is 0 Å². The fraction of sp³-hybridized carbons (Fsp3) is 1.00. The van der Waals surface area contributed by atoms with Crippen molar-refractivity contribution in [1.29, 1.82) is 0 Å². The number of hydrogen-bond donors (Lipinski definition) is 1. The molecule has 0 aliphatic heterocycles. The third kappa shape index (κ3) is 2.68. The van der Waals surface area contributed by atoms with Gasteiger partial charge >= 0.3 is 0 Å². The molecule has 78 valence electrons. The Kier molecular flexibility index (Phi) is 3.74. The molecule has 1 fully saturated rings. The van der Waals surface area contributed by atoms with Crippen LogP contribution >= 0.6 is 0 Å². The first-order valence-corrected chi connectivity index (χ1v) is 5.36. The lowest BCUT2D eigenvalue weighted by atomic mass is 9.74. The maximum atomic E-state index is 9.38. The van der Waals surface area contributed by atoms with Gasteiger partial charge in [-0.05, 0) is 38.0 Å². The average molecular weight is 186 g/mol. The van der Waals surface area contributed by atoms with Crippen LogP contribution in [0.5, 0.6) is 0 Å². The summed E-state index contributed by atoms with van der Waals surface area (Å²) in [5.74, 6) is 1.37. The zero-order valence-electron chi connectivity index (χ0n) is 9.05. The maximum Gasteiger partial charge on any atom is 0.0917 e. The molecule has 1 rings (SSSR count). The largest absolute Gasteiger partial charge is 0.393 e. The van der Waals surface area contributed by atoms with E-state index in [-0.39, 0.29) is 12.2 Å². The molecular formula is C11H22O2. The van der Waals surface area contributed by atoms with Crippen LogP contribution < -0.4 is 0 Å². The lowest BCUT2D eigenvalue weighted by Gasteiger charge is -2.41. The normalized spacial score (nSPS) is 40.6. The van der Waals surface area contributed by atoms with Crippen molar-refractivity contribution in [1.82, 2.24) is 0 Å². The first-order valence-electron chi connectivity index (χ1n) is 5.36. The summed E-state index contributed by atoms with van der Waals surface area (Å²) in [6.07, 6.45) is 3.30. The minimum absolute atomic E-state index is 0.176. The summed E-state index contributed by atoms with van der Waals surface area (Å²) in [5.41, 5.74) is -0.230. The molecule has 0 spiro atoms. The smallest absolute Gasteiger partial charge is 0.0917 e. The highest BCUT2D eigenvalue weighted by atomic mass is 16.5. The zero-order valence-corrected chi connectivity index (χ0v) is 9.05. The van der Waals surface area contributed by atoms with E-state index < -0.39 is 0 Å². The summed E-state index contributed by atoms with van der Waals surface area (Å²) >= 11 is 0. The van der Waals surface area contributed by atoms with Crippen LogP contribution in [-0.4, -0.2) is 23.9 Å². The van der Waals surface area contributed by atoms with Crippen LogP contribution in [0.15, 0.2) is 0 Å². The number of aliphatic hydroxyl groups excluding tert-OH is 1. The third-order valence-electron chi connectivity index (χ3n) is 2.98. The predicted molar refractivity (Wildman–Crippen MR) is 53.6 cm³/mol. The van der Waals surface area contributed by atoms with Crippen molar-refractivity contribution in [2.75, 3.05) is 13.2 Å². The second-order valence-corrected chi connectivity index (χ2v) is 4.63. The fourth-order valence-corrected chi connectivity index (χ4v) is 2.81. The van der Waals surface area contributed by atoms with Gasteiger partial charge in [0.2, 0.25) is 0 Å². The Morgan fingerprint density at radius 2 is 1.85 bits per heavy atom. The van der Waals surface area contributed by atoms with E-state index in [1.807, 2.05) is 6.92 Å². The molecule has 0 saturated heterocycles. The van der Waals surface area contributed by atoms with Crippen LogP contribution in [0.4, 0.5) is 0 Å². The fourth-order valence-electron chi connectivity index (χ4n) is 2.81. The summed E-state index contributed by atoms with van der Waals surface area (Å²) < 4.78 is 5.71. The Morgan fingerprint density at radius 1 is 1.31 bits per heavy atom.